The van der Waals surface area contributed by atoms with Crippen LogP contribution in [0.2, 0.25) is 0 Å². The fourth-order valence-corrected chi connectivity index (χ4v) is 3.85. The lowest BCUT2D eigenvalue weighted by atomic mass is 10.2. The predicted molar refractivity (Wildman–Crippen MR) is 108 cm³/mol. The van der Waals surface area contributed by atoms with Gasteiger partial charge < -0.3 is 10.6 Å². The van der Waals surface area contributed by atoms with E-state index in [-0.39, 0.29) is 25.2 Å². The molecule has 154 valence electrons. The van der Waals surface area contributed by atoms with Gasteiger partial charge in [-0.2, -0.15) is 0 Å². The number of primary amides is 1. The molecule has 2 heterocycles. The number of nitrogens with zero attached hydrogens (tertiary/aromatic N) is 2. The van der Waals surface area contributed by atoms with Gasteiger partial charge >= 0.3 is 5.97 Å². The van der Waals surface area contributed by atoms with E-state index < -0.39 is 17.8 Å². The van der Waals surface area contributed by atoms with Gasteiger partial charge in [0.1, 0.15) is 5.03 Å². The van der Waals surface area contributed by atoms with Crippen LogP contribution in [0.5, 0.6) is 0 Å². The van der Waals surface area contributed by atoms with E-state index in [0.717, 1.165) is 30.0 Å². The Labute approximate surface area is 172 Å². The Hall–Kier alpha value is -2.07. The molecule has 0 radical (unpaired) electrons. The van der Waals surface area contributed by atoms with Crippen LogP contribution in [0.3, 0.4) is 0 Å². The van der Waals surface area contributed by atoms with Gasteiger partial charge in [0.25, 0.3) is 11.8 Å². The number of unbranched alkanes of at least 4 members (excludes halogenated alkanes) is 2. The summed E-state index contributed by atoms with van der Waals surface area (Å²) in [5.74, 6) is -0.884. The highest BCUT2D eigenvalue weighted by Gasteiger charge is 2.32. The average Bonchev–Trinajstić information content (AvgIpc) is 2.99. The lowest BCUT2D eigenvalue weighted by Crippen LogP contribution is -2.31. The molecule has 0 saturated carbocycles. The molecule has 0 atom stereocenters. The maximum Gasteiger partial charge on any atom is 0.333 e. The maximum absolute atomic E-state index is 11.2. The van der Waals surface area contributed by atoms with Crippen LogP contribution in [-0.4, -0.2) is 39.5 Å². The predicted octanol–water partition coefficient (Wildman–Crippen LogP) is 2.87. The SMILES string of the molecule is CCCCCC(=O)ON1C(=O)CCC1=O.NC(=O)CCSSc1ccccn1. The van der Waals surface area contributed by atoms with Gasteiger partial charge in [-0.1, -0.05) is 36.6 Å². The molecule has 10 heteroatoms. The first kappa shape index (κ1) is 24.0. The summed E-state index contributed by atoms with van der Waals surface area (Å²) in [4.78, 5) is 52.5. The smallest absolute Gasteiger partial charge is 0.333 e. The summed E-state index contributed by atoms with van der Waals surface area (Å²) >= 11 is 0. The minimum atomic E-state index is -0.507. The van der Waals surface area contributed by atoms with Crippen molar-refractivity contribution in [2.24, 2.45) is 5.73 Å². The highest BCUT2D eigenvalue weighted by Crippen LogP contribution is 2.29. The van der Waals surface area contributed by atoms with Gasteiger partial charge in [-0.25, -0.2) is 9.78 Å². The quantitative estimate of drug-likeness (QED) is 0.344. The Morgan fingerprint density at radius 3 is 2.46 bits per heavy atom. The maximum atomic E-state index is 11.2. The lowest BCUT2D eigenvalue weighted by molar-refractivity contribution is -0.197. The van der Waals surface area contributed by atoms with Crippen LogP contribution < -0.4 is 5.73 Å². The van der Waals surface area contributed by atoms with Crippen molar-refractivity contribution >= 4 is 45.3 Å². The molecule has 28 heavy (non-hydrogen) atoms. The van der Waals surface area contributed by atoms with Crippen LogP contribution in [0.4, 0.5) is 0 Å². The number of hydrogen-bond acceptors (Lipinski definition) is 8. The molecule has 1 aromatic rings. The largest absolute Gasteiger partial charge is 0.370 e. The molecular formula is C18H25N3O5S2. The number of nitrogens with two attached hydrogens (primary N) is 1. The van der Waals surface area contributed by atoms with E-state index in [1.54, 1.807) is 27.8 Å². The normalized spacial score (nSPS) is 13.1. The topological polar surface area (TPSA) is 120 Å². The summed E-state index contributed by atoms with van der Waals surface area (Å²) in [5, 5.41) is 1.55. The lowest BCUT2D eigenvalue weighted by Gasteiger charge is -2.12. The fourth-order valence-electron chi connectivity index (χ4n) is 1.97. The first-order valence-corrected chi connectivity index (χ1v) is 11.3. The van der Waals surface area contributed by atoms with Gasteiger partial charge in [-0.15, -0.1) is 5.06 Å². The third-order valence-electron chi connectivity index (χ3n) is 3.40. The van der Waals surface area contributed by atoms with Crippen LogP contribution in [0.1, 0.15) is 51.9 Å². The summed E-state index contributed by atoms with van der Waals surface area (Å²) in [6, 6.07) is 5.74. The van der Waals surface area contributed by atoms with Crippen molar-refractivity contribution in [3.8, 4) is 0 Å². The molecule has 3 amide bonds. The van der Waals surface area contributed by atoms with Crippen molar-refractivity contribution in [1.82, 2.24) is 10.0 Å². The van der Waals surface area contributed by atoms with E-state index in [2.05, 4.69) is 9.82 Å². The van der Waals surface area contributed by atoms with Crippen LogP contribution in [-0.2, 0) is 24.0 Å². The number of rotatable bonds is 10. The van der Waals surface area contributed by atoms with Gasteiger partial charge in [-0.05, 0) is 29.3 Å². The Morgan fingerprint density at radius 1 is 1.18 bits per heavy atom. The van der Waals surface area contributed by atoms with E-state index in [1.165, 1.54) is 0 Å². The molecule has 1 aromatic heterocycles. The number of imide groups is 1. The summed E-state index contributed by atoms with van der Waals surface area (Å²) in [6.45, 7) is 2.03. The zero-order chi connectivity index (χ0) is 20.8. The molecule has 2 rings (SSSR count). The first-order valence-electron chi connectivity index (χ1n) is 8.99. The Kier molecular flexibility index (Phi) is 12.0. The Bertz CT molecular complexity index is 642. The Morgan fingerprint density at radius 2 is 1.89 bits per heavy atom. The zero-order valence-electron chi connectivity index (χ0n) is 15.8. The molecule has 0 unspecified atom stereocenters. The zero-order valence-corrected chi connectivity index (χ0v) is 17.4. The van der Waals surface area contributed by atoms with Gasteiger partial charge in [-0.3, -0.25) is 14.4 Å². The molecule has 0 bridgehead atoms. The number of hydrogen-bond donors (Lipinski definition) is 1. The molecule has 1 aliphatic heterocycles. The van der Waals surface area contributed by atoms with Gasteiger partial charge in [0, 0.05) is 37.6 Å². The molecule has 1 saturated heterocycles. The Balaban J connectivity index is 0.000000283. The number of carbonyl (C=O) groups is 4. The van der Waals surface area contributed by atoms with Crippen LogP contribution >= 0.6 is 21.6 Å². The van der Waals surface area contributed by atoms with Crippen LogP contribution in [0, 0.1) is 0 Å². The second-order valence-electron chi connectivity index (χ2n) is 5.79. The highest BCUT2D eigenvalue weighted by atomic mass is 33.1. The second kappa shape index (κ2) is 14.0. The second-order valence-corrected chi connectivity index (χ2v) is 8.23. The average molecular weight is 428 g/mol. The van der Waals surface area contributed by atoms with Gasteiger partial charge in [0.15, 0.2) is 0 Å². The summed E-state index contributed by atoms with van der Waals surface area (Å²) in [7, 11) is 3.15. The van der Waals surface area contributed by atoms with Crippen LogP contribution in [0.15, 0.2) is 29.4 Å². The third kappa shape index (κ3) is 10.3. The van der Waals surface area contributed by atoms with E-state index >= 15 is 0 Å². The highest BCUT2D eigenvalue weighted by molar-refractivity contribution is 8.76. The van der Waals surface area contributed by atoms with Gasteiger partial charge in [0.2, 0.25) is 5.91 Å². The number of carbonyl (C=O) groups excluding carboxylic acids is 4. The van der Waals surface area contributed by atoms with E-state index in [1.807, 2.05) is 25.1 Å². The molecule has 0 aromatic carbocycles. The molecule has 0 aliphatic carbocycles. The molecule has 0 spiro atoms. The molecular weight excluding hydrogens is 402 g/mol. The number of pyridine rings is 1. The molecule has 8 nitrogen and oxygen atoms in total. The number of hydroxylamine groups is 2. The van der Waals surface area contributed by atoms with Crippen molar-refractivity contribution in [3.05, 3.63) is 24.4 Å². The van der Waals surface area contributed by atoms with E-state index in [0.29, 0.717) is 11.5 Å². The minimum Gasteiger partial charge on any atom is -0.370 e. The molecule has 2 N–H and O–H groups in total. The standard InChI is InChI=1S/C10H15NO4.C8H10N2OS2/c1-2-3-4-5-10(14)15-11-8(12)6-7-9(11)13;9-7(11)4-6-12-13-8-3-1-2-5-10-8/h2-7H2,1H3;1-3,5H,4,6H2,(H2,9,11). The monoisotopic (exact) mass is 427 g/mol. The van der Waals surface area contributed by atoms with Crippen molar-refractivity contribution in [3.63, 3.8) is 0 Å². The van der Waals surface area contributed by atoms with E-state index in [9.17, 15) is 19.2 Å². The number of amides is 3. The first-order chi connectivity index (χ1) is 13.4. The van der Waals surface area contributed by atoms with Gasteiger partial charge in [0.05, 0.1) is 0 Å². The third-order valence-corrected chi connectivity index (χ3v) is 5.66. The molecule has 1 fully saturated rings. The van der Waals surface area contributed by atoms with Crippen molar-refractivity contribution in [2.45, 2.75) is 56.9 Å². The van der Waals surface area contributed by atoms with Crippen molar-refractivity contribution < 1.29 is 24.0 Å². The van der Waals surface area contributed by atoms with Crippen LogP contribution in [0.25, 0.3) is 0 Å². The number of aromatic nitrogens is 1. The summed E-state index contributed by atoms with van der Waals surface area (Å²) in [6.07, 6.45) is 5.38. The fraction of sp³-hybridized carbons (Fsp3) is 0.500. The minimum absolute atomic E-state index is 0.140. The summed E-state index contributed by atoms with van der Waals surface area (Å²) < 4.78 is 0. The van der Waals surface area contributed by atoms with Crippen molar-refractivity contribution in [2.75, 3.05) is 5.75 Å². The summed E-state index contributed by atoms with van der Waals surface area (Å²) in [5.41, 5.74) is 4.99. The van der Waals surface area contributed by atoms with Crippen molar-refractivity contribution in [1.29, 1.82) is 0 Å². The molecule has 1 aliphatic rings. The van der Waals surface area contributed by atoms with E-state index in [4.69, 9.17) is 5.73 Å².